The van der Waals surface area contributed by atoms with Crippen molar-refractivity contribution < 1.29 is 27.4 Å². The van der Waals surface area contributed by atoms with Gasteiger partial charge in [0, 0.05) is 18.5 Å². The van der Waals surface area contributed by atoms with Crippen molar-refractivity contribution in [1.29, 1.82) is 5.26 Å². The highest BCUT2D eigenvalue weighted by molar-refractivity contribution is 5.69. The molecule has 1 unspecified atom stereocenters. The zero-order chi connectivity index (χ0) is 20.7. The summed E-state index contributed by atoms with van der Waals surface area (Å²) >= 11 is 0. The molecule has 2 fully saturated rings. The lowest BCUT2D eigenvalue weighted by molar-refractivity contribution is -0.141. The normalized spacial score (nSPS) is 21.2. The number of carbonyl (C=O) groups excluding carboxylic acids is 1. The molecule has 1 aromatic rings. The number of halogens is 3. The minimum atomic E-state index is -4.61. The molecule has 1 aliphatic carbocycles. The summed E-state index contributed by atoms with van der Waals surface area (Å²) in [5.41, 5.74) is -1.92. The maximum atomic E-state index is 12.7. The molecule has 1 amide bonds. The second-order valence-corrected chi connectivity index (χ2v) is 8.49. The van der Waals surface area contributed by atoms with E-state index in [0.29, 0.717) is 32.0 Å². The number of nitriles is 1. The van der Waals surface area contributed by atoms with E-state index in [2.05, 4.69) is 4.98 Å². The van der Waals surface area contributed by atoms with Gasteiger partial charge in [-0.15, -0.1) is 0 Å². The van der Waals surface area contributed by atoms with Crippen LogP contribution >= 0.6 is 0 Å². The van der Waals surface area contributed by atoms with Crippen LogP contribution in [0.15, 0.2) is 12.3 Å². The zero-order valence-electron chi connectivity index (χ0n) is 16.0. The van der Waals surface area contributed by atoms with Crippen LogP contribution < -0.4 is 4.74 Å². The highest BCUT2D eigenvalue weighted by Gasteiger charge is 2.51. The Balaban J connectivity index is 1.59. The predicted octanol–water partition coefficient (Wildman–Crippen LogP) is 4.14. The molecule has 28 heavy (non-hydrogen) atoms. The number of alkyl halides is 3. The SMILES string of the molecule is CC(C)(C)OC(=O)N1CC2(CCC(Oc3cnc(C(F)(F)F)cc3C#N)C2)C1. The Morgan fingerprint density at radius 2 is 2.04 bits per heavy atom. The van der Waals surface area contributed by atoms with Gasteiger partial charge in [-0.1, -0.05) is 0 Å². The van der Waals surface area contributed by atoms with Crippen molar-refractivity contribution in [1.82, 2.24) is 9.88 Å². The van der Waals surface area contributed by atoms with Crippen LogP contribution in [0.5, 0.6) is 5.75 Å². The number of pyridine rings is 1. The Kier molecular flexibility index (Phi) is 4.94. The molecular weight excluding hydrogens is 375 g/mol. The van der Waals surface area contributed by atoms with E-state index in [9.17, 15) is 18.0 Å². The third-order valence-corrected chi connectivity index (χ3v) is 4.93. The van der Waals surface area contributed by atoms with E-state index < -0.39 is 17.5 Å². The number of aromatic nitrogens is 1. The molecule has 9 heteroatoms. The van der Waals surface area contributed by atoms with Gasteiger partial charge in [0.05, 0.1) is 17.9 Å². The van der Waals surface area contributed by atoms with Gasteiger partial charge in [-0.05, 0) is 46.1 Å². The van der Waals surface area contributed by atoms with Crippen LogP contribution in [0.1, 0.15) is 51.3 Å². The summed E-state index contributed by atoms with van der Waals surface area (Å²) < 4.78 is 49.4. The van der Waals surface area contributed by atoms with E-state index in [0.717, 1.165) is 12.6 Å². The summed E-state index contributed by atoms with van der Waals surface area (Å²) in [5.74, 6) is 0.0564. The highest BCUT2D eigenvalue weighted by atomic mass is 19.4. The quantitative estimate of drug-likeness (QED) is 0.750. The average molecular weight is 397 g/mol. The molecule has 3 rings (SSSR count). The highest BCUT2D eigenvalue weighted by Crippen LogP contribution is 2.47. The maximum absolute atomic E-state index is 12.7. The second kappa shape index (κ2) is 6.83. The lowest BCUT2D eigenvalue weighted by Gasteiger charge is -2.48. The van der Waals surface area contributed by atoms with Crippen molar-refractivity contribution in [3.8, 4) is 11.8 Å². The summed E-state index contributed by atoms with van der Waals surface area (Å²) in [7, 11) is 0. The number of amides is 1. The van der Waals surface area contributed by atoms with Crippen LogP contribution in [-0.4, -0.2) is 40.8 Å². The van der Waals surface area contributed by atoms with Crippen molar-refractivity contribution >= 4 is 6.09 Å². The molecule has 1 saturated carbocycles. The number of rotatable bonds is 2. The van der Waals surface area contributed by atoms with Gasteiger partial charge in [0.15, 0.2) is 5.75 Å². The zero-order valence-corrected chi connectivity index (χ0v) is 16.0. The van der Waals surface area contributed by atoms with Gasteiger partial charge < -0.3 is 14.4 Å². The summed E-state index contributed by atoms with van der Waals surface area (Å²) in [4.78, 5) is 17.1. The topological polar surface area (TPSA) is 75.4 Å². The van der Waals surface area contributed by atoms with Gasteiger partial charge in [0.2, 0.25) is 0 Å². The van der Waals surface area contributed by atoms with Gasteiger partial charge in [-0.2, -0.15) is 18.4 Å². The summed E-state index contributed by atoms with van der Waals surface area (Å²) in [6, 6.07) is 2.44. The van der Waals surface area contributed by atoms with Crippen molar-refractivity contribution in [3.63, 3.8) is 0 Å². The largest absolute Gasteiger partial charge is 0.487 e. The van der Waals surface area contributed by atoms with Gasteiger partial charge >= 0.3 is 12.3 Å². The third kappa shape index (κ3) is 4.32. The maximum Gasteiger partial charge on any atom is 0.433 e. The molecule has 2 aliphatic rings. The van der Waals surface area contributed by atoms with Crippen LogP contribution in [0.25, 0.3) is 0 Å². The number of hydrogen-bond donors (Lipinski definition) is 0. The van der Waals surface area contributed by atoms with E-state index in [1.54, 1.807) is 11.0 Å². The summed E-state index contributed by atoms with van der Waals surface area (Å²) in [6.07, 6.45) is -2.02. The van der Waals surface area contributed by atoms with E-state index in [1.807, 2.05) is 20.8 Å². The van der Waals surface area contributed by atoms with Crippen molar-refractivity contribution in [2.75, 3.05) is 13.1 Å². The minimum absolute atomic E-state index is 0.0564. The van der Waals surface area contributed by atoms with Crippen molar-refractivity contribution in [3.05, 3.63) is 23.5 Å². The number of nitrogens with zero attached hydrogens (tertiary/aromatic N) is 3. The van der Waals surface area contributed by atoms with E-state index in [1.165, 1.54) is 0 Å². The molecule has 0 N–H and O–H groups in total. The molecular formula is C19H22F3N3O3. The smallest absolute Gasteiger partial charge is 0.433 e. The van der Waals surface area contributed by atoms with Crippen LogP contribution in [0.4, 0.5) is 18.0 Å². The Morgan fingerprint density at radius 3 is 2.61 bits per heavy atom. The number of carbonyl (C=O) groups is 1. The number of ether oxygens (including phenoxy) is 2. The van der Waals surface area contributed by atoms with Crippen LogP contribution in [-0.2, 0) is 10.9 Å². The molecule has 1 aromatic heterocycles. The molecule has 1 saturated heterocycles. The molecule has 1 spiro atoms. The van der Waals surface area contributed by atoms with Gasteiger partial charge in [-0.25, -0.2) is 9.78 Å². The lowest BCUT2D eigenvalue weighted by atomic mass is 9.78. The molecule has 1 atom stereocenters. The Morgan fingerprint density at radius 1 is 1.36 bits per heavy atom. The molecule has 0 aromatic carbocycles. The molecule has 152 valence electrons. The summed E-state index contributed by atoms with van der Waals surface area (Å²) in [6.45, 7) is 6.57. The lowest BCUT2D eigenvalue weighted by Crippen LogP contribution is -2.58. The van der Waals surface area contributed by atoms with E-state index >= 15 is 0 Å². The van der Waals surface area contributed by atoms with Crippen LogP contribution in [0.2, 0.25) is 0 Å². The van der Waals surface area contributed by atoms with Crippen LogP contribution in [0, 0.1) is 16.7 Å². The molecule has 0 bridgehead atoms. The first kappa shape index (κ1) is 20.2. The van der Waals surface area contributed by atoms with Crippen molar-refractivity contribution in [2.45, 2.75) is 57.9 Å². The molecule has 1 aliphatic heterocycles. The summed E-state index contributed by atoms with van der Waals surface area (Å²) in [5, 5.41) is 9.15. The monoisotopic (exact) mass is 397 g/mol. The Labute approximate surface area is 161 Å². The fourth-order valence-corrected chi connectivity index (χ4v) is 3.72. The first-order chi connectivity index (χ1) is 12.9. The standard InChI is InChI=1S/C19H22F3N3O3/c1-17(2,3)28-16(26)25-10-18(11-25)5-4-13(7-18)27-14-9-24-15(19(20,21)22)6-12(14)8-23/h6,9,13H,4-5,7,10-11H2,1-3H3. The minimum Gasteiger partial charge on any atom is -0.487 e. The van der Waals surface area contributed by atoms with Gasteiger partial charge in [0.1, 0.15) is 17.4 Å². The van der Waals surface area contributed by atoms with E-state index in [4.69, 9.17) is 14.7 Å². The number of likely N-dealkylation sites (tertiary alicyclic amines) is 1. The fraction of sp³-hybridized carbons (Fsp3) is 0.632. The fourth-order valence-electron chi connectivity index (χ4n) is 3.72. The third-order valence-electron chi connectivity index (χ3n) is 4.93. The molecule has 0 radical (unpaired) electrons. The predicted molar refractivity (Wildman–Crippen MR) is 92.5 cm³/mol. The Bertz CT molecular complexity index is 805. The first-order valence-corrected chi connectivity index (χ1v) is 9.03. The molecule has 6 nitrogen and oxygen atoms in total. The average Bonchev–Trinajstić information content (AvgIpc) is 2.95. The number of hydrogen-bond acceptors (Lipinski definition) is 5. The van der Waals surface area contributed by atoms with Crippen LogP contribution in [0.3, 0.4) is 0 Å². The van der Waals surface area contributed by atoms with E-state index in [-0.39, 0.29) is 28.9 Å². The van der Waals surface area contributed by atoms with Gasteiger partial charge in [-0.3, -0.25) is 0 Å². The Hall–Kier alpha value is -2.50. The molecule has 2 heterocycles. The van der Waals surface area contributed by atoms with Crippen molar-refractivity contribution in [2.24, 2.45) is 5.41 Å². The van der Waals surface area contributed by atoms with Gasteiger partial charge in [0.25, 0.3) is 0 Å². The second-order valence-electron chi connectivity index (χ2n) is 8.49. The first-order valence-electron chi connectivity index (χ1n) is 9.03.